The molecule has 0 aliphatic rings. The molecule has 1 rings (SSSR count). The largest absolute Gasteiger partial charge is 0.229 e. The summed E-state index contributed by atoms with van der Waals surface area (Å²) in [5.41, 5.74) is 2.46. The molecule has 0 spiro atoms. The van der Waals surface area contributed by atoms with E-state index < -0.39 is 9.84 Å². The standard InChI is InChI=1S/C12H17BrO2S/c1-10-5-3-4-6-12(10)11(9-13)7-8-16(2,14)15/h3-6,11H,7-9H2,1-2H3. The molecule has 0 radical (unpaired) electrons. The van der Waals surface area contributed by atoms with Crippen molar-refractivity contribution in [1.82, 2.24) is 0 Å². The van der Waals surface area contributed by atoms with Crippen LogP contribution in [-0.2, 0) is 9.84 Å². The van der Waals surface area contributed by atoms with Gasteiger partial charge in [-0.1, -0.05) is 40.2 Å². The van der Waals surface area contributed by atoms with E-state index in [-0.39, 0.29) is 11.7 Å². The molecule has 0 bridgehead atoms. The monoisotopic (exact) mass is 304 g/mol. The van der Waals surface area contributed by atoms with E-state index in [1.165, 1.54) is 17.4 Å². The third kappa shape index (κ3) is 4.26. The van der Waals surface area contributed by atoms with Gasteiger partial charge in [0, 0.05) is 11.6 Å². The average Bonchev–Trinajstić information content (AvgIpc) is 2.20. The van der Waals surface area contributed by atoms with Gasteiger partial charge < -0.3 is 0 Å². The van der Waals surface area contributed by atoms with Crippen LogP contribution in [-0.4, -0.2) is 25.8 Å². The van der Waals surface area contributed by atoms with Crippen LogP contribution in [0.15, 0.2) is 24.3 Å². The van der Waals surface area contributed by atoms with Gasteiger partial charge in [-0.15, -0.1) is 0 Å². The Balaban J connectivity index is 2.79. The molecular weight excluding hydrogens is 288 g/mol. The molecule has 1 atom stereocenters. The number of benzene rings is 1. The van der Waals surface area contributed by atoms with Gasteiger partial charge in [0.05, 0.1) is 5.75 Å². The summed E-state index contributed by atoms with van der Waals surface area (Å²) in [6.07, 6.45) is 1.96. The Labute approximate surface area is 106 Å². The number of hydrogen-bond acceptors (Lipinski definition) is 2. The van der Waals surface area contributed by atoms with Crippen molar-refractivity contribution in [3.8, 4) is 0 Å². The van der Waals surface area contributed by atoms with Crippen molar-refractivity contribution in [3.05, 3.63) is 35.4 Å². The number of alkyl halides is 1. The van der Waals surface area contributed by atoms with Crippen molar-refractivity contribution in [2.24, 2.45) is 0 Å². The molecule has 0 saturated carbocycles. The highest BCUT2D eigenvalue weighted by atomic mass is 79.9. The molecule has 0 aliphatic heterocycles. The minimum absolute atomic E-state index is 0.248. The lowest BCUT2D eigenvalue weighted by atomic mass is 9.94. The van der Waals surface area contributed by atoms with Crippen LogP contribution in [0.25, 0.3) is 0 Å². The minimum Gasteiger partial charge on any atom is -0.229 e. The van der Waals surface area contributed by atoms with Crippen molar-refractivity contribution in [2.75, 3.05) is 17.3 Å². The Bertz CT molecular complexity index is 440. The smallest absolute Gasteiger partial charge is 0.147 e. The highest BCUT2D eigenvalue weighted by Crippen LogP contribution is 2.25. The second-order valence-electron chi connectivity index (χ2n) is 4.13. The summed E-state index contributed by atoms with van der Waals surface area (Å²) in [6, 6.07) is 8.13. The van der Waals surface area contributed by atoms with E-state index in [2.05, 4.69) is 35.0 Å². The molecular formula is C12H17BrO2S. The lowest BCUT2D eigenvalue weighted by molar-refractivity contribution is 0.594. The van der Waals surface area contributed by atoms with Gasteiger partial charge in [0.2, 0.25) is 0 Å². The van der Waals surface area contributed by atoms with Crippen LogP contribution < -0.4 is 0 Å². The summed E-state index contributed by atoms with van der Waals surface area (Å²) in [5, 5.41) is 0.799. The fraction of sp³-hybridized carbons (Fsp3) is 0.500. The fourth-order valence-electron chi connectivity index (χ4n) is 1.72. The van der Waals surface area contributed by atoms with Crippen molar-refractivity contribution < 1.29 is 8.42 Å². The highest BCUT2D eigenvalue weighted by molar-refractivity contribution is 9.09. The van der Waals surface area contributed by atoms with Crippen LogP contribution in [0.5, 0.6) is 0 Å². The SMILES string of the molecule is Cc1ccccc1C(CBr)CCS(C)(=O)=O. The number of halogens is 1. The van der Waals surface area contributed by atoms with Crippen LogP contribution in [0.1, 0.15) is 23.5 Å². The van der Waals surface area contributed by atoms with Crippen LogP contribution in [0.4, 0.5) is 0 Å². The van der Waals surface area contributed by atoms with Gasteiger partial charge in [-0.3, -0.25) is 0 Å². The number of hydrogen-bond donors (Lipinski definition) is 0. The van der Waals surface area contributed by atoms with E-state index in [4.69, 9.17) is 0 Å². The third-order valence-corrected chi connectivity index (χ3v) is 4.41. The summed E-state index contributed by atoms with van der Waals surface area (Å²) >= 11 is 3.46. The van der Waals surface area contributed by atoms with Gasteiger partial charge in [-0.05, 0) is 30.4 Å². The van der Waals surface area contributed by atoms with Crippen LogP contribution in [0.3, 0.4) is 0 Å². The first-order valence-electron chi connectivity index (χ1n) is 5.23. The second kappa shape index (κ2) is 5.82. The van der Waals surface area contributed by atoms with Crippen molar-refractivity contribution >= 4 is 25.8 Å². The highest BCUT2D eigenvalue weighted by Gasteiger charge is 2.14. The van der Waals surface area contributed by atoms with Crippen LogP contribution in [0, 0.1) is 6.92 Å². The Hall–Kier alpha value is -0.350. The van der Waals surface area contributed by atoms with E-state index in [1.807, 2.05) is 12.1 Å². The second-order valence-corrected chi connectivity index (χ2v) is 7.03. The maximum atomic E-state index is 11.2. The summed E-state index contributed by atoms with van der Waals surface area (Å²) < 4.78 is 22.3. The maximum Gasteiger partial charge on any atom is 0.147 e. The van der Waals surface area contributed by atoms with Gasteiger partial charge in [-0.2, -0.15) is 0 Å². The number of aryl methyl sites for hydroxylation is 1. The lowest BCUT2D eigenvalue weighted by Crippen LogP contribution is -2.10. The zero-order valence-electron chi connectivity index (χ0n) is 9.61. The average molecular weight is 305 g/mol. The van der Waals surface area contributed by atoms with E-state index in [9.17, 15) is 8.42 Å². The fourth-order valence-corrected chi connectivity index (χ4v) is 3.10. The van der Waals surface area contributed by atoms with E-state index in [0.29, 0.717) is 6.42 Å². The van der Waals surface area contributed by atoms with E-state index in [0.717, 1.165) is 5.33 Å². The predicted molar refractivity (Wildman–Crippen MR) is 72.0 cm³/mol. The summed E-state index contributed by atoms with van der Waals surface area (Å²) in [6.45, 7) is 2.06. The van der Waals surface area contributed by atoms with Crippen molar-refractivity contribution in [1.29, 1.82) is 0 Å². The lowest BCUT2D eigenvalue weighted by Gasteiger charge is -2.16. The number of sulfone groups is 1. The molecule has 1 unspecified atom stereocenters. The predicted octanol–water partition coefficient (Wildman–Crippen LogP) is 2.91. The first-order valence-corrected chi connectivity index (χ1v) is 8.41. The first-order chi connectivity index (χ1) is 7.44. The summed E-state index contributed by atoms with van der Waals surface area (Å²) in [7, 11) is -2.87. The molecule has 1 aromatic carbocycles. The van der Waals surface area contributed by atoms with E-state index >= 15 is 0 Å². The van der Waals surface area contributed by atoms with Gasteiger partial charge in [0.15, 0.2) is 0 Å². The Morgan fingerprint density at radius 2 is 1.94 bits per heavy atom. The zero-order chi connectivity index (χ0) is 12.2. The Morgan fingerprint density at radius 3 is 2.44 bits per heavy atom. The molecule has 0 aromatic heterocycles. The summed E-state index contributed by atoms with van der Waals surface area (Å²) in [4.78, 5) is 0. The van der Waals surface area contributed by atoms with Gasteiger partial charge in [-0.25, -0.2) is 8.42 Å². The maximum absolute atomic E-state index is 11.2. The van der Waals surface area contributed by atoms with E-state index in [1.54, 1.807) is 0 Å². The molecule has 0 N–H and O–H groups in total. The third-order valence-electron chi connectivity index (χ3n) is 2.65. The number of rotatable bonds is 5. The summed E-state index contributed by atoms with van der Waals surface area (Å²) in [5.74, 6) is 0.522. The van der Waals surface area contributed by atoms with Crippen molar-refractivity contribution in [2.45, 2.75) is 19.3 Å². The van der Waals surface area contributed by atoms with Crippen LogP contribution in [0.2, 0.25) is 0 Å². The van der Waals surface area contributed by atoms with Gasteiger partial charge in [0.1, 0.15) is 9.84 Å². The molecule has 0 amide bonds. The molecule has 0 aliphatic carbocycles. The van der Waals surface area contributed by atoms with Crippen LogP contribution >= 0.6 is 15.9 Å². The topological polar surface area (TPSA) is 34.1 Å². The first kappa shape index (κ1) is 13.7. The molecule has 90 valence electrons. The molecule has 2 nitrogen and oxygen atoms in total. The van der Waals surface area contributed by atoms with Crippen molar-refractivity contribution in [3.63, 3.8) is 0 Å². The molecule has 16 heavy (non-hydrogen) atoms. The molecule has 0 saturated heterocycles. The minimum atomic E-state index is -2.87. The Morgan fingerprint density at radius 1 is 1.31 bits per heavy atom. The molecule has 0 fully saturated rings. The van der Waals surface area contributed by atoms with Gasteiger partial charge >= 0.3 is 0 Å². The zero-order valence-corrected chi connectivity index (χ0v) is 12.0. The Kier molecular flexibility index (Phi) is 4.99. The normalized spacial score (nSPS) is 13.7. The van der Waals surface area contributed by atoms with Gasteiger partial charge in [0.25, 0.3) is 0 Å². The molecule has 0 heterocycles. The molecule has 1 aromatic rings. The molecule has 4 heteroatoms. The quantitative estimate of drug-likeness (QED) is 0.784.